The Bertz CT molecular complexity index is 4160. The Labute approximate surface area is 474 Å². The Kier molecular flexibility index (Phi) is 14.0. The predicted octanol–water partition coefficient (Wildman–Crippen LogP) is 19.8. The van der Waals surface area contributed by atoms with Crippen molar-refractivity contribution in [2.24, 2.45) is 0 Å². The Hall–Kier alpha value is -8.44. The van der Waals surface area contributed by atoms with Crippen LogP contribution in [0.2, 0.25) is 0 Å². The van der Waals surface area contributed by atoms with Gasteiger partial charge in [-0.25, -0.2) is 9.97 Å². The van der Waals surface area contributed by atoms with Crippen LogP contribution in [0.5, 0.6) is 0 Å². The smallest absolute Gasteiger partial charge is 0.0769 e. The minimum absolute atomic E-state index is 0.0542. The fraction of sp³-hybridized carbons (Fsp3) is 0.263. The van der Waals surface area contributed by atoms with Gasteiger partial charge in [0, 0.05) is 44.4 Å². The second kappa shape index (κ2) is 21.0. The van der Waals surface area contributed by atoms with Gasteiger partial charge in [0.2, 0.25) is 0 Å². The number of allylic oxidation sites excluding steroid dienone is 4. The molecule has 0 radical (unpaired) electrons. The molecule has 0 amide bonds. The number of benzene rings is 6. The van der Waals surface area contributed by atoms with Crippen molar-refractivity contribution in [3.63, 3.8) is 0 Å². The van der Waals surface area contributed by atoms with E-state index in [1.807, 2.05) is 18.2 Å². The van der Waals surface area contributed by atoms with Gasteiger partial charge in [-0.1, -0.05) is 190 Å². The van der Waals surface area contributed by atoms with E-state index >= 15 is 0 Å². The number of fused-ring (bicyclic) bond motifs is 10. The summed E-state index contributed by atoms with van der Waals surface area (Å²) in [6.07, 6.45) is 3.43. The first kappa shape index (κ1) is 53.6. The van der Waals surface area contributed by atoms with Crippen molar-refractivity contribution in [3.05, 3.63) is 212 Å². The topological polar surface area (TPSA) is 57.4 Å². The van der Waals surface area contributed by atoms with Crippen LogP contribution in [0.15, 0.2) is 133 Å². The Balaban J connectivity index is 1.16. The number of aryl methyl sites for hydroxylation is 4. The zero-order valence-electron chi connectivity index (χ0n) is 49.4. The third-order valence-electron chi connectivity index (χ3n) is 17.0. The fourth-order valence-electron chi connectivity index (χ4n) is 12.4. The van der Waals surface area contributed by atoms with E-state index in [1.54, 1.807) is 0 Å². The highest BCUT2D eigenvalue weighted by molar-refractivity contribution is 6.10. The third-order valence-corrected chi connectivity index (χ3v) is 17.0. The van der Waals surface area contributed by atoms with E-state index in [4.69, 9.17) is 9.97 Å². The number of nitrogens with zero attached hydrogens (tertiary/aromatic N) is 2. The Morgan fingerprint density at radius 2 is 0.812 bits per heavy atom. The number of H-pyrrole nitrogens is 2. The number of nitrogens with one attached hydrogen (secondary N) is 2. The second-order valence-electron chi connectivity index (χ2n) is 24.0. The van der Waals surface area contributed by atoms with Gasteiger partial charge in [-0.2, -0.15) is 0 Å². The highest BCUT2D eigenvalue weighted by Gasteiger charge is 2.28. The van der Waals surface area contributed by atoms with Crippen LogP contribution in [0, 0.1) is 37.5 Å². The molecule has 2 N–H and O–H groups in total. The quantitative estimate of drug-likeness (QED) is 0.129. The number of hydrogen-bond donors (Lipinski definition) is 2. The van der Waals surface area contributed by atoms with Crippen LogP contribution in [0.25, 0.3) is 88.2 Å². The van der Waals surface area contributed by atoms with Gasteiger partial charge in [-0.15, -0.1) is 0 Å². The van der Waals surface area contributed by atoms with Crippen LogP contribution < -0.4 is 0 Å². The molecule has 398 valence electrons. The molecule has 4 heteroatoms. The minimum atomic E-state index is -0.0542. The predicted molar refractivity (Wildman–Crippen MR) is 343 cm³/mol. The molecule has 0 atom stereocenters. The lowest BCUT2D eigenvalue weighted by Crippen LogP contribution is -2.16. The van der Waals surface area contributed by atoms with E-state index in [0.29, 0.717) is 0 Å². The lowest BCUT2D eigenvalue weighted by atomic mass is 9.78. The standard InChI is InChI=1S/C76H74N4/c1-15-55-45(5)71-69(51-36-32-50(33-37-51)35-39-64-61-30-24-22-28-59(61)63(60-29-23-25-31-62(60)64)38-34-49-26-20-19-21-27-49)72-46(6)56(16-2)66(78-72)44-68-58(18-4)48(8)74(80-68)70(73-47(7)57(17-3)67(79-73)43-65(55)77-71)52-40-53(75(9,10)11)42-54(41-52)76(12,13)14/h19-33,36-37,40-44,79-80H,15-18H2,1-14H3. The molecule has 5 heterocycles. The van der Waals surface area contributed by atoms with Crippen LogP contribution in [-0.4, -0.2) is 19.9 Å². The molecule has 3 aromatic heterocycles. The normalized spacial score (nSPS) is 12.8. The van der Waals surface area contributed by atoms with Crippen molar-refractivity contribution < 1.29 is 0 Å². The molecular formula is C76H74N4. The molecule has 80 heavy (non-hydrogen) atoms. The largest absolute Gasteiger partial charge is 0.354 e. The maximum atomic E-state index is 5.72. The first-order valence-electron chi connectivity index (χ1n) is 28.9. The molecule has 0 aliphatic carbocycles. The van der Waals surface area contributed by atoms with Crippen molar-refractivity contribution in [2.75, 3.05) is 0 Å². The summed E-state index contributed by atoms with van der Waals surface area (Å²) in [5.41, 5.74) is 29.5. The van der Waals surface area contributed by atoms with Gasteiger partial charge in [-0.3, -0.25) is 0 Å². The second-order valence-corrected chi connectivity index (χ2v) is 24.0. The van der Waals surface area contributed by atoms with Gasteiger partial charge in [0.15, 0.2) is 0 Å². The summed E-state index contributed by atoms with van der Waals surface area (Å²) in [5.74, 6) is 14.3. The number of rotatable bonds is 6. The first-order valence-corrected chi connectivity index (χ1v) is 28.9. The van der Waals surface area contributed by atoms with E-state index in [9.17, 15) is 0 Å². The van der Waals surface area contributed by atoms with E-state index < -0.39 is 0 Å². The molecular weight excluding hydrogens is 969 g/mol. The zero-order valence-corrected chi connectivity index (χ0v) is 49.4. The number of aromatic nitrogens is 4. The van der Waals surface area contributed by atoms with Gasteiger partial charge in [0.25, 0.3) is 0 Å². The lowest BCUT2D eigenvalue weighted by Gasteiger charge is -2.26. The Morgan fingerprint density at radius 3 is 1.20 bits per heavy atom. The molecule has 0 saturated carbocycles. The molecule has 8 bridgehead atoms. The van der Waals surface area contributed by atoms with E-state index in [0.717, 1.165) is 125 Å². The SMILES string of the molecule is CCC1=C(C)c2nc1cc1[nH]c(c(C)c1CC)c(-c1cc(C(C)(C)C)cc(C(C)(C)C)c1)c1[nH]c(cc3nc(c2-c2ccc(C#Cc4c5ccccc5c(C#Cc5ccccc5)c5ccccc45)cc2)C(C)=C3CC)c(CC)c1C. The molecule has 2 aliphatic rings. The van der Waals surface area contributed by atoms with Gasteiger partial charge in [0.1, 0.15) is 0 Å². The molecule has 0 fully saturated rings. The maximum absolute atomic E-state index is 5.72. The Morgan fingerprint density at radius 1 is 0.412 bits per heavy atom. The molecule has 11 rings (SSSR count). The average Bonchev–Trinajstić information content (AvgIpc) is 4.21. The number of hydrogen-bond acceptors (Lipinski definition) is 2. The van der Waals surface area contributed by atoms with Crippen LogP contribution in [0.3, 0.4) is 0 Å². The highest BCUT2D eigenvalue weighted by atomic mass is 14.8. The summed E-state index contributed by atoms with van der Waals surface area (Å²) < 4.78 is 0. The zero-order chi connectivity index (χ0) is 56.4. The summed E-state index contributed by atoms with van der Waals surface area (Å²) in [6, 6.07) is 48.1. The first-order chi connectivity index (χ1) is 38.4. The van der Waals surface area contributed by atoms with Crippen molar-refractivity contribution in [1.82, 2.24) is 19.9 Å². The summed E-state index contributed by atoms with van der Waals surface area (Å²) in [7, 11) is 0. The summed E-state index contributed by atoms with van der Waals surface area (Å²) in [6.45, 7) is 32.2. The fourth-order valence-corrected chi connectivity index (χ4v) is 12.4. The van der Waals surface area contributed by atoms with Crippen molar-refractivity contribution >= 4 is 65.9 Å². The molecule has 6 aromatic carbocycles. The average molecular weight is 1040 g/mol. The van der Waals surface area contributed by atoms with Gasteiger partial charge >= 0.3 is 0 Å². The van der Waals surface area contributed by atoms with Gasteiger partial charge in [-0.05, 0) is 189 Å². The van der Waals surface area contributed by atoms with Crippen LogP contribution in [0.1, 0.15) is 174 Å². The van der Waals surface area contributed by atoms with Crippen molar-refractivity contribution in [2.45, 2.75) is 133 Å². The number of aromatic amines is 2. The lowest BCUT2D eigenvalue weighted by molar-refractivity contribution is 0.569. The van der Waals surface area contributed by atoms with Crippen molar-refractivity contribution in [1.29, 1.82) is 0 Å². The molecule has 9 aromatic rings. The molecule has 0 unspecified atom stereocenters. The van der Waals surface area contributed by atoms with E-state index in [2.05, 4.69) is 246 Å². The molecule has 0 spiro atoms. The van der Waals surface area contributed by atoms with E-state index in [1.165, 1.54) is 66.8 Å². The molecule has 0 saturated heterocycles. The highest BCUT2D eigenvalue weighted by Crippen LogP contribution is 2.45. The van der Waals surface area contributed by atoms with Crippen molar-refractivity contribution in [3.8, 4) is 45.9 Å². The molecule has 2 aliphatic heterocycles. The van der Waals surface area contributed by atoms with Gasteiger partial charge < -0.3 is 9.97 Å². The monoisotopic (exact) mass is 1040 g/mol. The van der Waals surface area contributed by atoms with Crippen LogP contribution in [0.4, 0.5) is 0 Å². The van der Waals surface area contributed by atoms with E-state index in [-0.39, 0.29) is 10.8 Å². The van der Waals surface area contributed by atoms with Crippen LogP contribution >= 0.6 is 0 Å². The summed E-state index contributed by atoms with van der Waals surface area (Å²) >= 11 is 0. The minimum Gasteiger partial charge on any atom is -0.354 e. The van der Waals surface area contributed by atoms with Gasteiger partial charge in [0.05, 0.1) is 33.8 Å². The third kappa shape index (κ3) is 9.50. The van der Waals surface area contributed by atoms with Crippen LogP contribution in [-0.2, 0) is 23.7 Å². The summed E-state index contributed by atoms with van der Waals surface area (Å²) in [5, 5.41) is 4.39. The summed E-state index contributed by atoms with van der Waals surface area (Å²) in [4.78, 5) is 19.7. The maximum Gasteiger partial charge on any atom is 0.0769 e. The molecule has 4 nitrogen and oxygen atoms in total.